The molecule has 0 aliphatic rings. The topological polar surface area (TPSA) is 36.3 Å². The van der Waals surface area contributed by atoms with Crippen LogP contribution >= 0.6 is 0 Å². The molecule has 0 aliphatic heterocycles. The Morgan fingerprint density at radius 1 is 0.947 bits per heavy atom. The van der Waals surface area contributed by atoms with E-state index >= 15 is 0 Å². The monoisotopic (exact) mass is 252 g/mol. The van der Waals surface area contributed by atoms with Gasteiger partial charge >= 0.3 is 0 Å². The molecule has 0 saturated carbocycles. The first-order chi connectivity index (χ1) is 9.20. The lowest BCUT2D eigenvalue weighted by Crippen LogP contribution is -2.18. The minimum absolute atomic E-state index is 0.231. The number of benzene rings is 2. The van der Waals surface area contributed by atoms with Crippen molar-refractivity contribution in [3.05, 3.63) is 60.2 Å². The molecule has 96 valence electrons. The Morgan fingerprint density at radius 2 is 1.53 bits per heavy atom. The maximum Gasteiger partial charge on any atom is 0.127 e. The van der Waals surface area contributed by atoms with Crippen LogP contribution in [0.3, 0.4) is 0 Å². The van der Waals surface area contributed by atoms with E-state index in [1.54, 1.807) is 0 Å². The van der Waals surface area contributed by atoms with Crippen LogP contribution in [-0.2, 0) is 0 Å². The zero-order chi connectivity index (χ0) is 13.7. The average Bonchev–Trinajstić information content (AvgIpc) is 2.42. The van der Waals surface area contributed by atoms with Crippen LogP contribution in [0.25, 0.3) is 0 Å². The van der Waals surface area contributed by atoms with Gasteiger partial charge in [0, 0.05) is 0 Å². The van der Waals surface area contributed by atoms with Gasteiger partial charge in [0.2, 0.25) is 0 Å². The summed E-state index contributed by atoms with van der Waals surface area (Å²) in [6.45, 7) is 0. The number of hydrogen-bond donors (Lipinski definition) is 0. The maximum absolute atomic E-state index is 9.13. The average molecular weight is 252 g/mol. The van der Waals surface area contributed by atoms with Gasteiger partial charge in [0.25, 0.3) is 0 Å². The third kappa shape index (κ3) is 3.34. The van der Waals surface area contributed by atoms with Crippen molar-refractivity contribution in [2.45, 2.75) is 6.04 Å². The summed E-state index contributed by atoms with van der Waals surface area (Å²) in [6.07, 6.45) is 0. The van der Waals surface area contributed by atoms with Crippen LogP contribution in [0.15, 0.2) is 54.6 Å². The van der Waals surface area contributed by atoms with E-state index in [1.165, 1.54) is 0 Å². The van der Waals surface area contributed by atoms with Crippen molar-refractivity contribution in [2.75, 3.05) is 14.1 Å². The standard InChI is InChI=1S/C16H16N2O/c1-18(2)16(12-17)13-8-10-15(11-9-13)19-14-6-4-3-5-7-14/h3-11,16H,1-2H3. The third-order valence-corrected chi connectivity index (χ3v) is 2.81. The van der Waals surface area contributed by atoms with Crippen LogP contribution in [0, 0.1) is 11.3 Å². The van der Waals surface area contributed by atoms with Crippen molar-refractivity contribution >= 4 is 0 Å². The fourth-order valence-corrected chi connectivity index (χ4v) is 1.83. The van der Waals surface area contributed by atoms with E-state index in [9.17, 15) is 0 Å². The quantitative estimate of drug-likeness (QED) is 0.834. The van der Waals surface area contributed by atoms with Gasteiger partial charge < -0.3 is 4.74 Å². The predicted molar refractivity (Wildman–Crippen MR) is 75.0 cm³/mol. The van der Waals surface area contributed by atoms with E-state index < -0.39 is 0 Å². The number of hydrogen-bond acceptors (Lipinski definition) is 3. The molecule has 0 spiro atoms. The number of nitrogens with zero attached hydrogens (tertiary/aromatic N) is 2. The smallest absolute Gasteiger partial charge is 0.127 e. The second-order valence-electron chi connectivity index (χ2n) is 4.48. The molecule has 2 aromatic carbocycles. The molecule has 0 saturated heterocycles. The largest absolute Gasteiger partial charge is 0.457 e. The highest BCUT2D eigenvalue weighted by molar-refractivity contribution is 5.35. The lowest BCUT2D eigenvalue weighted by atomic mass is 10.1. The van der Waals surface area contributed by atoms with Gasteiger partial charge in [-0.15, -0.1) is 0 Å². The lowest BCUT2D eigenvalue weighted by molar-refractivity contribution is 0.358. The Kier molecular flexibility index (Phi) is 4.17. The van der Waals surface area contributed by atoms with E-state index in [1.807, 2.05) is 73.6 Å². The summed E-state index contributed by atoms with van der Waals surface area (Å²) in [7, 11) is 3.78. The number of nitriles is 1. The highest BCUT2D eigenvalue weighted by Crippen LogP contribution is 2.24. The first kappa shape index (κ1) is 13.1. The molecule has 3 heteroatoms. The zero-order valence-electron chi connectivity index (χ0n) is 11.1. The molecule has 0 aliphatic carbocycles. The van der Waals surface area contributed by atoms with Crippen LogP contribution in [0.4, 0.5) is 0 Å². The van der Waals surface area contributed by atoms with Crippen molar-refractivity contribution in [2.24, 2.45) is 0 Å². The summed E-state index contributed by atoms with van der Waals surface area (Å²) in [5, 5.41) is 9.13. The highest BCUT2D eigenvalue weighted by Gasteiger charge is 2.12. The minimum Gasteiger partial charge on any atom is -0.457 e. The zero-order valence-corrected chi connectivity index (χ0v) is 11.1. The molecule has 2 aromatic rings. The molecule has 0 aromatic heterocycles. The molecule has 0 heterocycles. The molecular weight excluding hydrogens is 236 g/mol. The van der Waals surface area contributed by atoms with Crippen molar-refractivity contribution in [1.82, 2.24) is 4.90 Å². The number of ether oxygens (including phenoxy) is 1. The van der Waals surface area contributed by atoms with Gasteiger partial charge in [0.05, 0.1) is 6.07 Å². The van der Waals surface area contributed by atoms with Gasteiger partial charge in [-0.05, 0) is 43.9 Å². The third-order valence-electron chi connectivity index (χ3n) is 2.81. The normalized spacial score (nSPS) is 11.9. The van der Waals surface area contributed by atoms with Crippen LogP contribution in [0.1, 0.15) is 11.6 Å². The van der Waals surface area contributed by atoms with Gasteiger partial charge in [-0.2, -0.15) is 5.26 Å². The van der Waals surface area contributed by atoms with E-state index in [0.29, 0.717) is 0 Å². The first-order valence-corrected chi connectivity index (χ1v) is 6.09. The SMILES string of the molecule is CN(C)C(C#N)c1ccc(Oc2ccccc2)cc1. The van der Waals surface area contributed by atoms with Gasteiger partial charge in [-0.1, -0.05) is 30.3 Å². The summed E-state index contributed by atoms with van der Waals surface area (Å²) in [6, 6.07) is 19.3. The van der Waals surface area contributed by atoms with Crippen molar-refractivity contribution in [1.29, 1.82) is 5.26 Å². The molecule has 0 amide bonds. The van der Waals surface area contributed by atoms with Crippen LogP contribution in [0.2, 0.25) is 0 Å². The van der Waals surface area contributed by atoms with Gasteiger partial charge in [0.15, 0.2) is 0 Å². The molecule has 0 radical (unpaired) electrons. The van der Waals surface area contributed by atoms with E-state index in [4.69, 9.17) is 10.00 Å². The Balaban J connectivity index is 2.13. The molecular formula is C16H16N2O. The van der Waals surface area contributed by atoms with Crippen molar-refractivity contribution < 1.29 is 4.74 Å². The Labute approximate surface area is 113 Å². The summed E-state index contributed by atoms with van der Waals surface area (Å²) in [5.41, 5.74) is 0.966. The van der Waals surface area contributed by atoms with E-state index in [-0.39, 0.29) is 6.04 Å². The summed E-state index contributed by atoms with van der Waals surface area (Å²) in [4.78, 5) is 1.88. The van der Waals surface area contributed by atoms with Gasteiger partial charge in [-0.3, -0.25) is 4.90 Å². The van der Waals surface area contributed by atoms with E-state index in [0.717, 1.165) is 17.1 Å². The molecule has 0 bridgehead atoms. The molecule has 2 rings (SSSR count). The molecule has 0 N–H and O–H groups in total. The van der Waals surface area contributed by atoms with Crippen molar-refractivity contribution in [3.8, 4) is 17.6 Å². The van der Waals surface area contributed by atoms with Gasteiger partial charge in [0.1, 0.15) is 17.5 Å². The maximum atomic E-state index is 9.13. The molecule has 1 unspecified atom stereocenters. The fourth-order valence-electron chi connectivity index (χ4n) is 1.83. The first-order valence-electron chi connectivity index (χ1n) is 6.09. The second kappa shape index (κ2) is 6.03. The summed E-state index contributed by atoms with van der Waals surface area (Å²) in [5.74, 6) is 1.57. The van der Waals surface area contributed by atoms with Crippen LogP contribution in [0.5, 0.6) is 11.5 Å². The molecule has 0 fully saturated rings. The predicted octanol–water partition coefficient (Wildman–Crippen LogP) is 3.61. The van der Waals surface area contributed by atoms with Crippen molar-refractivity contribution in [3.63, 3.8) is 0 Å². The second-order valence-corrected chi connectivity index (χ2v) is 4.48. The molecule has 3 nitrogen and oxygen atoms in total. The summed E-state index contributed by atoms with van der Waals surface area (Å²) < 4.78 is 5.71. The highest BCUT2D eigenvalue weighted by atomic mass is 16.5. The van der Waals surface area contributed by atoms with Crippen LogP contribution < -0.4 is 4.74 Å². The van der Waals surface area contributed by atoms with Crippen LogP contribution in [-0.4, -0.2) is 19.0 Å². The van der Waals surface area contributed by atoms with E-state index in [2.05, 4.69) is 6.07 Å². The molecule has 19 heavy (non-hydrogen) atoms. The Bertz CT molecular complexity index is 556. The fraction of sp³-hybridized carbons (Fsp3) is 0.188. The molecule has 1 atom stereocenters. The number of rotatable bonds is 4. The van der Waals surface area contributed by atoms with Gasteiger partial charge in [-0.25, -0.2) is 0 Å². The lowest BCUT2D eigenvalue weighted by Gasteiger charge is -2.17. The summed E-state index contributed by atoms with van der Waals surface area (Å²) >= 11 is 0. The number of para-hydroxylation sites is 1. The minimum atomic E-state index is -0.231. The Morgan fingerprint density at radius 3 is 2.05 bits per heavy atom. The Hall–Kier alpha value is -2.31.